The third-order valence-corrected chi connectivity index (χ3v) is 3.52. The maximum Gasteiger partial charge on any atom is 0.152 e. The molecule has 1 aliphatic rings. The molecule has 3 heterocycles. The van der Waals surface area contributed by atoms with E-state index in [0.29, 0.717) is 32.6 Å². The molecule has 0 saturated carbocycles. The number of hydrogen-bond donors (Lipinski definition) is 2. The van der Waals surface area contributed by atoms with E-state index >= 15 is 0 Å². The molecule has 2 aromatic rings. The number of aliphatic hydroxyl groups is 1. The summed E-state index contributed by atoms with van der Waals surface area (Å²) in [6.07, 6.45) is 4.83. The monoisotopic (exact) mass is 262 g/mol. The molecule has 0 aliphatic carbocycles. The maximum absolute atomic E-state index is 10.4. The predicted octanol–water partition coefficient (Wildman–Crippen LogP) is 0.991. The zero-order chi connectivity index (χ0) is 13.3. The third-order valence-electron chi connectivity index (χ3n) is 3.52. The number of anilines is 1. The van der Waals surface area contributed by atoms with Gasteiger partial charge in [0.2, 0.25) is 0 Å². The van der Waals surface area contributed by atoms with Gasteiger partial charge in [-0.25, -0.2) is 9.50 Å². The van der Waals surface area contributed by atoms with Crippen LogP contribution in [0.15, 0.2) is 18.5 Å². The number of fused-ring (bicyclic) bond motifs is 1. The van der Waals surface area contributed by atoms with Crippen molar-refractivity contribution in [2.75, 3.05) is 25.1 Å². The molecule has 0 spiro atoms. The van der Waals surface area contributed by atoms with E-state index in [4.69, 9.17) is 4.74 Å². The summed E-state index contributed by atoms with van der Waals surface area (Å²) < 4.78 is 7.06. The molecule has 2 aromatic heterocycles. The van der Waals surface area contributed by atoms with Gasteiger partial charge in [-0.15, -0.1) is 0 Å². The lowest BCUT2D eigenvalue weighted by Gasteiger charge is -2.32. The number of ether oxygens (including phenoxy) is 1. The van der Waals surface area contributed by atoms with E-state index in [1.54, 1.807) is 10.7 Å². The number of rotatable bonds is 3. The van der Waals surface area contributed by atoms with Gasteiger partial charge in [0.15, 0.2) is 5.82 Å². The van der Waals surface area contributed by atoms with E-state index in [1.165, 1.54) is 0 Å². The molecule has 3 rings (SSSR count). The molecule has 6 heteroatoms. The summed E-state index contributed by atoms with van der Waals surface area (Å²) in [5, 5.41) is 18.0. The molecule has 2 N–H and O–H groups in total. The molecule has 0 amide bonds. The van der Waals surface area contributed by atoms with Gasteiger partial charge in [0.05, 0.1) is 11.3 Å². The highest BCUT2D eigenvalue weighted by molar-refractivity contribution is 5.67. The van der Waals surface area contributed by atoms with E-state index in [9.17, 15) is 5.11 Å². The van der Waals surface area contributed by atoms with Crippen LogP contribution in [-0.2, 0) is 4.74 Å². The van der Waals surface area contributed by atoms with Crippen LogP contribution < -0.4 is 5.32 Å². The highest BCUT2D eigenvalue weighted by atomic mass is 16.5. The lowest BCUT2D eigenvalue weighted by atomic mass is 9.94. The van der Waals surface area contributed by atoms with Crippen molar-refractivity contribution in [2.24, 2.45) is 0 Å². The van der Waals surface area contributed by atoms with E-state index < -0.39 is 5.60 Å². The molecule has 6 nitrogen and oxygen atoms in total. The third kappa shape index (κ3) is 2.54. The normalized spacial score (nSPS) is 18.6. The Morgan fingerprint density at radius 3 is 3.05 bits per heavy atom. The second-order valence-corrected chi connectivity index (χ2v) is 5.08. The van der Waals surface area contributed by atoms with Crippen LogP contribution in [0.1, 0.15) is 18.5 Å². The van der Waals surface area contributed by atoms with Crippen molar-refractivity contribution in [3.05, 3.63) is 24.2 Å². The van der Waals surface area contributed by atoms with Crippen molar-refractivity contribution in [1.82, 2.24) is 14.6 Å². The molecule has 0 atom stereocenters. The van der Waals surface area contributed by atoms with Gasteiger partial charge < -0.3 is 15.2 Å². The Bertz CT molecular complexity index is 575. The lowest BCUT2D eigenvalue weighted by Crippen LogP contribution is -2.42. The van der Waals surface area contributed by atoms with Gasteiger partial charge in [0.25, 0.3) is 0 Å². The summed E-state index contributed by atoms with van der Waals surface area (Å²) in [5.74, 6) is 0.753. The Kier molecular flexibility index (Phi) is 3.12. The summed E-state index contributed by atoms with van der Waals surface area (Å²) >= 11 is 0. The first kappa shape index (κ1) is 12.4. The molecular weight excluding hydrogens is 244 g/mol. The summed E-state index contributed by atoms with van der Waals surface area (Å²) in [6.45, 7) is 3.65. The highest BCUT2D eigenvalue weighted by Gasteiger charge is 2.29. The highest BCUT2D eigenvalue weighted by Crippen LogP contribution is 2.22. The van der Waals surface area contributed by atoms with Gasteiger partial charge in [0.1, 0.15) is 5.52 Å². The first-order valence-electron chi connectivity index (χ1n) is 6.51. The van der Waals surface area contributed by atoms with Crippen LogP contribution in [0.3, 0.4) is 0 Å². The van der Waals surface area contributed by atoms with E-state index in [-0.39, 0.29) is 0 Å². The Hall–Kier alpha value is -1.66. The first-order valence-corrected chi connectivity index (χ1v) is 6.51. The van der Waals surface area contributed by atoms with Crippen molar-refractivity contribution in [1.29, 1.82) is 0 Å². The molecule has 0 bridgehead atoms. The Balaban J connectivity index is 1.78. The minimum atomic E-state index is -0.707. The topological polar surface area (TPSA) is 71.7 Å². The minimum Gasteiger partial charge on any atom is -0.388 e. The minimum absolute atomic E-state index is 0.479. The zero-order valence-corrected chi connectivity index (χ0v) is 11.0. The quantitative estimate of drug-likeness (QED) is 0.863. The van der Waals surface area contributed by atoms with Gasteiger partial charge in [-0.2, -0.15) is 5.10 Å². The predicted molar refractivity (Wildman–Crippen MR) is 71.2 cm³/mol. The SMILES string of the molecule is Cc1cc2c(NCC3(O)CCOCC3)nccn2n1. The van der Waals surface area contributed by atoms with E-state index in [0.717, 1.165) is 17.0 Å². The molecule has 0 radical (unpaired) electrons. The summed E-state index contributed by atoms with van der Waals surface area (Å²) in [6, 6.07) is 1.98. The second kappa shape index (κ2) is 4.79. The Morgan fingerprint density at radius 2 is 2.26 bits per heavy atom. The average molecular weight is 262 g/mol. The fourth-order valence-electron chi connectivity index (χ4n) is 2.36. The van der Waals surface area contributed by atoms with Crippen LogP contribution in [0.2, 0.25) is 0 Å². The standard InChI is InChI=1S/C13H18N4O2/c1-10-8-11-12(14-4-5-17(11)16-10)15-9-13(18)2-6-19-7-3-13/h4-5,8,18H,2-3,6-7,9H2,1H3,(H,14,15). The van der Waals surface area contributed by atoms with Crippen LogP contribution in [-0.4, -0.2) is 45.1 Å². The fraction of sp³-hybridized carbons (Fsp3) is 0.538. The van der Waals surface area contributed by atoms with Crippen LogP contribution in [0.4, 0.5) is 5.82 Å². The number of aryl methyl sites for hydroxylation is 1. The smallest absolute Gasteiger partial charge is 0.152 e. The van der Waals surface area contributed by atoms with E-state index in [1.807, 2.05) is 19.2 Å². The average Bonchev–Trinajstić information content (AvgIpc) is 2.78. The van der Waals surface area contributed by atoms with Crippen molar-refractivity contribution in [3.63, 3.8) is 0 Å². The largest absolute Gasteiger partial charge is 0.388 e. The molecule has 1 aliphatic heterocycles. The summed E-state index contributed by atoms with van der Waals surface area (Å²) in [5.41, 5.74) is 1.17. The molecule has 0 aromatic carbocycles. The number of nitrogens with one attached hydrogen (secondary N) is 1. The summed E-state index contributed by atoms with van der Waals surface area (Å²) in [7, 11) is 0. The van der Waals surface area contributed by atoms with Gasteiger partial charge >= 0.3 is 0 Å². The Morgan fingerprint density at radius 1 is 1.47 bits per heavy atom. The van der Waals surface area contributed by atoms with Crippen LogP contribution in [0.25, 0.3) is 5.52 Å². The summed E-state index contributed by atoms with van der Waals surface area (Å²) in [4.78, 5) is 4.32. The Labute approximate surface area is 111 Å². The molecular formula is C13H18N4O2. The molecule has 102 valence electrons. The molecule has 1 fully saturated rings. The van der Waals surface area contributed by atoms with Crippen molar-refractivity contribution in [3.8, 4) is 0 Å². The van der Waals surface area contributed by atoms with Gasteiger partial charge in [0, 0.05) is 45.0 Å². The number of aromatic nitrogens is 3. The fourth-order valence-corrected chi connectivity index (χ4v) is 2.36. The molecule has 1 saturated heterocycles. The molecule has 19 heavy (non-hydrogen) atoms. The van der Waals surface area contributed by atoms with Crippen molar-refractivity contribution >= 4 is 11.3 Å². The molecule has 0 unspecified atom stereocenters. The van der Waals surface area contributed by atoms with Crippen LogP contribution in [0, 0.1) is 6.92 Å². The van der Waals surface area contributed by atoms with E-state index in [2.05, 4.69) is 15.4 Å². The van der Waals surface area contributed by atoms with Crippen LogP contribution >= 0.6 is 0 Å². The lowest BCUT2D eigenvalue weighted by molar-refractivity contribution is -0.0543. The zero-order valence-electron chi connectivity index (χ0n) is 11.0. The maximum atomic E-state index is 10.4. The van der Waals surface area contributed by atoms with Gasteiger partial charge in [-0.1, -0.05) is 0 Å². The first-order chi connectivity index (χ1) is 9.16. The van der Waals surface area contributed by atoms with Gasteiger partial charge in [-0.3, -0.25) is 0 Å². The second-order valence-electron chi connectivity index (χ2n) is 5.08. The van der Waals surface area contributed by atoms with Crippen molar-refractivity contribution in [2.45, 2.75) is 25.4 Å². The number of hydrogen-bond acceptors (Lipinski definition) is 5. The van der Waals surface area contributed by atoms with Crippen LogP contribution in [0.5, 0.6) is 0 Å². The van der Waals surface area contributed by atoms with Gasteiger partial charge in [-0.05, 0) is 13.0 Å². The van der Waals surface area contributed by atoms with Crippen molar-refractivity contribution < 1.29 is 9.84 Å². The number of nitrogens with zero attached hydrogens (tertiary/aromatic N) is 3.